The van der Waals surface area contributed by atoms with Crippen LogP contribution in [0.25, 0.3) is 0 Å². The SMILES string of the molecule is O=C(O)CC1CN(Cc2ccccc2)CCC1=O. The van der Waals surface area contributed by atoms with Crippen LogP contribution >= 0.6 is 0 Å². The second-order valence-electron chi connectivity index (χ2n) is 4.73. The van der Waals surface area contributed by atoms with Crippen LogP contribution in [-0.4, -0.2) is 34.8 Å². The monoisotopic (exact) mass is 247 g/mol. The van der Waals surface area contributed by atoms with Crippen molar-refractivity contribution in [2.45, 2.75) is 19.4 Å². The average Bonchev–Trinajstić information content (AvgIpc) is 2.34. The first kappa shape index (κ1) is 12.8. The molecule has 0 bridgehead atoms. The van der Waals surface area contributed by atoms with Gasteiger partial charge in [0.05, 0.1) is 6.42 Å². The van der Waals surface area contributed by atoms with E-state index in [0.29, 0.717) is 13.0 Å². The van der Waals surface area contributed by atoms with Crippen molar-refractivity contribution in [3.05, 3.63) is 35.9 Å². The van der Waals surface area contributed by atoms with Gasteiger partial charge in [-0.1, -0.05) is 30.3 Å². The largest absolute Gasteiger partial charge is 0.481 e. The quantitative estimate of drug-likeness (QED) is 0.877. The van der Waals surface area contributed by atoms with E-state index in [1.165, 1.54) is 5.56 Å². The summed E-state index contributed by atoms with van der Waals surface area (Å²) in [4.78, 5) is 24.5. The van der Waals surface area contributed by atoms with Gasteiger partial charge in [0.2, 0.25) is 0 Å². The third-order valence-electron chi connectivity index (χ3n) is 3.28. The third-order valence-corrected chi connectivity index (χ3v) is 3.28. The van der Waals surface area contributed by atoms with Crippen molar-refractivity contribution in [1.29, 1.82) is 0 Å². The Hall–Kier alpha value is -1.68. The van der Waals surface area contributed by atoms with Crippen molar-refractivity contribution in [3.63, 3.8) is 0 Å². The Morgan fingerprint density at radius 1 is 1.33 bits per heavy atom. The topological polar surface area (TPSA) is 57.6 Å². The molecule has 18 heavy (non-hydrogen) atoms. The number of carbonyl (C=O) groups excluding carboxylic acids is 1. The highest BCUT2D eigenvalue weighted by Crippen LogP contribution is 2.18. The normalized spacial score (nSPS) is 20.9. The van der Waals surface area contributed by atoms with Gasteiger partial charge in [0.15, 0.2) is 0 Å². The first-order valence-corrected chi connectivity index (χ1v) is 6.16. The molecule has 4 heteroatoms. The minimum absolute atomic E-state index is 0.0515. The van der Waals surface area contributed by atoms with Gasteiger partial charge in [-0.05, 0) is 5.56 Å². The Morgan fingerprint density at radius 2 is 2.06 bits per heavy atom. The lowest BCUT2D eigenvalue weighted by Crippen LogP contribution is -2.41. The Labute approximate surface area is 106 Å². The van der Waals surface area contributed by atoms with E-state index in [4.69, 9.17) is 5.11 Å². The number of likely N-dealkylation sites (tertiary alicyclic amines) is 1. The van der Waals surface area contributed by atoms with Gasteiger partial charge in [-0.2, -0.15) is 0 Å². The zero-order valence-corrected chi connectivity index (χ0v) is 10.2. The number of carboxylic acids is 1. The van der Waals surface area contributed by atoms with Gasteiger partial charge >= 0.3 is 5.97 Å². The summed E-state index contributed by atoms with van der Waals surface area (Å²) in [6.45, 7) is 2.06. The third kappa shape index (κ3) is 3.40. The zero-order valence-electron chi connectivity index (χ0n) is 10.2. The van der Waals surface area contributed by atoms with E-state index in [-0.39, 0.29) is 18.1 Å². The van der Waals surface area contributed by atoms with Gasteiger partial charge in [-0.3, -0.25) is 14.5 Å². The summed E-state index contributed by atoms with van der Waals surface area (Å²) < 4.78 is 0. The van der Waals surface area contributed by atoms with Crippen molar-refractivity contribution in [2.24, 2.45) is 5.92 Å². The molecule has 1 aromatic carbocycles. The summed E-state index contributed by atoms with van der Waals surface area (Å²) in [6, 6.07) is 10.0. The van der Waals surface area contributed by atoms with Crippen LogP contribution in [0.3, 0.4) is 0 Å². The van der Waals surface area contributed by atoms with Gasteiger partial charge in [0.1, 0.15) is 5.78 Å². The number of Topliss-reactive ketones (excluding diaryl/α,β-unsaturated/α-hetero) is 1. The molecule has 1 fully saturated rings. The molecule has 1 unspecified atom stereocenters. The molecule has 1 aliphatic heterocycles. The van der Waals surface area contributed by atoms with Crippen molar-refractivity contribution < 1.29 is 14.7 Å². The van der Waals surface area contributed by atoms with Crippen molar-refractivity contribution in [3.8, 4) is 0 Å². The molecule has 1 saturated heterocycles. The molecule has 1 aliphatic rings. The van der Waals surface area contributed by atoms with Crippen LogP contribution in [0.5, 0.6) is 0 Å². The van der Waals surface area contributed by atoms with Crippen LogP contribution < -0.4 is 0 Å². The van der Waals surface area contributed by atoms with Crippen LogP contribution in [0.15, 0.2) is 30.3 Å². The number of nitrogens with zero attached hydrogens (tertiary/aromatic N) is 1. The predicted octanol–water partition coefficient (Wildman–Crippen LogP) is 1.55. The van der Waals surface area contributed by atoms with Gasteiger partial charge in [0, 0.05) is 32.0 Å². The number of carbonyl (C=O) groups is 2. The highest BCUT2D eigenvalue weighted by Gasteiger charge is 2.28. The molecule has 0 aliphatic carbocycles. The molecule has 1 heterocycles. The molecule has 1 atom stereocenters. The van der Waals surface area contributed by atoms with E-state index in [1.807, 2.05) is 30.3 Å². The maximum atomic E-state index is 11.6. The molecule has 0 aromatic heterocycles. The van der Waals surface area contributed by atoms with E-state index < -0.39 is 5.97 Å². The minimum atomic E-state index is -0.894. The second kappa shape index (κ2) is 5.78. The van der Waals surface area contributed by atoms with Crippen LogP contribution in [0.2, 0.25) is 0 Å². The van der Waals surface area contributed by atoms with Gasteiger partial charge < -0.3 is 5.11 Å². The smallest absolute Gasteiger partial charge is 0.304 e. The summed E-state index contributed by atoms with van der Waals surface area (Å²) in [5.41, 5.74) is 1.20. The molecule has 0 saturated carbocycles. The molecule has 4 nitrogen and oxygen atoms in total. The molecule has 0 amide bonds. The van der Waals surface area contributed by atoms with E-state index >= 15 is 0 Å². The molecule has 1 N–H and O–H groups in total. The van der Waals surface area contributed by atoms with Crippen LogP contribution in [0.1, 0.15) is 18.4 Å². The molecular formula is C14H17NO3. The first-order chi connectivity index (χ1) is 8.65. The first-order valence-electron chi connectivity index (χ1n) is 6.16. The number of benzene rings is 1. The number of hydrogen-bond acceptors (Lipinski definition) is 3. The van der Waals surface area contributed by atoms with E-state index in [9.17, 15) is 9.59 Å². The number of aliphatic carboxylic acids is 1. The summed E-state index contributed by atoms with van der Waals surface area (Å²) in [5, 5.41) is 8.79. The number of ketones is 1. The van der Waals surface area contributed by atoms with Crippen molar-refractivity contribution in [2.75, 3.05) is 13.1 Å². The molecular weight excluding hydrogens is 230 g/mol. The number of piperidine rings is 1. The molecule has 1 aromatic rings. The summed E-state index contributed by atoms with van der Waals surface area (Å²) in [5.74, 6) is -1.16. The molecule has 0 spiro atoms. The lowest BCUT2D eigenvalue weighted by Gasteiger charge is -2.31. The standard InChI is InChI=1S/C14H17NO3/c16-13-6-7-15(10-12(13)8-14(17)18)9-11-4-2-1-3-5-11/h1-5,12H,6-10H2,(H,17,18). The molecule has 2 rings (SSSR count). The number of rotatable bonds is 4. The predicted molar refractivity (Wildman–Crippen MR) is 67.1 cm³/mol. The number of carboxylic acid groups (broad SMARTS) is 1. The lowest BCUT2D eigenvalue weighted by molar-refractivity contribution is -0.142. The molecule has 0 radical (unpaired) electrons. The fourth-order valence-electron chi connectivity index (χ4n) is 2.35. The maximum Gasteiger partial charge on any atom is 0.304 e. The van der Waals surface area contributed by atoms with Crippen LogP contribution in [0, 0.1) is 5.92 Å². The zero-order chi connectivity index (χ0) is 13.0. The van der Waals surface area contributed by atoms with Gasteiger partial charge in [-0.25, -0.2) is 0 Å². The Kier molecular flexibility index (Phi) is 4.10. The molecule has 96 valence electrons. The van der Waals surface area contributed by atoms with E-state index in [0.717, 1.165) is 13.1 Å². The summed E-state index contributed by atoms with van der Waals surface area (Å²) in [7, 11) is 0. The van der Waals surface area contributed by atoms with Crippen molar-refractivity contribution in [1.82, 2.24) is 4.90 Å². The summed E-state index contributed by atoms with van der Waals surface area (Å²) >= 11 is 0. The Balaban J connectivity index is 1.95. The van der Waals surface area contributed by atoms with Crippen molar-refractivity contribution >= 4 is 11.8 Å². The van der Waals surface area contributed by atoms with Crippen LogP contribution in [0.4, 0.5) is 0 Å². The fraction of sp³-hybridized carbons (Fsp3) is 0.429. The average molecular weight is 247 g/mol. The minimum Gasteiger partial charge on any atom is -0.481 e. The fourth-order valence-corrected chi connectivity index (χ4v) is 2.35. The van der Waals surface area contributed by atoms with Crippen LogP contribution in [-0.2, 0) is 16.1 Å². The highest BCUT2D eigenvalue weighted by atomic mass is 16.4. The van der Waals surface area contributed by atoms with E-state index in [1.54, 1.807) is 0 Å². The van der Waals surface area contributed by atoms with Gasteiger partial charge in [-0.15, -0.1) is 0 Å². The van der Waals surface area contributed by atoms with E-state index in [2.05, 4.69) is 4.90 Å². The maximum absolute atomic E-state index is 11.6. The Morgan fingerprint density at radius 3 is 2.72 bits per heavy atom. The second-order valence-corrected chi connectivity index (χ2v) is 4.73. The Bertz CT molecular complexity index is 430. The lowest BCUT2D eigenvalue weighted by atomic mass is 9.93. The van der Waals surface area contributed by atoms with Gasteiger partial charge in [0.25, 0.3) is 0 Å². The highest BCUT2D eigenvalue weighted by molar-refractivity contribution is 5.85. The summed E-state index contributed by atoms with van der Waals surface area (Å²) in [6.07, 6.45) is 0.412. The number of hydrogen-bond donors (Lipinski definition) is 1.